The lowest BCUT2D eigenvalue weighted by Gasteiger charge is -2.35. The van der Waals surface area contributed by atoms with E-state index in [0.717, 1.165) is 30.4 Å². The minimum absolute atomic E-state index is 0.00443. The molecule has 1 unspecified atom stereocenters. The molecule has 4 rings (SSSR count). The lowest BCUT2D eigenvalue weighted by atomic mass is 9.95. The molecule has 2 aliphatic heterocycles. The molecule has 0 radical (unpaired) electrons. The van der Waals surface area contributed by atoms with Crippen LogP contribution < -0.4 is 5.32 Å². The van der Waals surface area contributed by atoms with E-state index in [-0.39, 0.29) is 23.8 Å². The van der Waals surface area contributed by atoms with Crippen LogP contribution in [0.4, 0.5) is 10.5 Å². The molecule has 2 saturated heterocycles. The number of likely N-dealkylation sites (tertiary alicyclic amines) is 1. The SMILES string of the molecule is Cc1cc(C)cc(C(=O)N2CCCC(C(=O)N3CCCN(C(=O)Nc4ccc(Cl)cc4)CC3)C2)c1. The van der Waals surface area contributed by atoms with Crippen LogP contribution in [0.2, 0.25) is 5.02 Å². The van der Waals surface area contributed by atoms with E-state index in [0.29, 0.717) is 55.5 Å². The first-order chi connectivity index (χ1) is 16.8. The fourth-order valence-electron chi connectivity index (χ4n) is 4.98. The molecule has 2 aromatic rings. The zero-order valence-corrected chi connectivity index (χ0v) is 21.2. The second-order valence-electron chi connectivity index (χ2n) is 9.57. The molecule has 8 heteroatoms. The molecule has 35 heavy (non-hydrogen) atoms. The van der Waals surface area contributed by atoms with Crippen LogP contribution in [-0.4, -0.2) is 71.8 Å². The van der Waals surface area contributed by atoms with Gasteiger partial charge in [0.2, 0.25) is 5.91 Å². The number of urea groups is 1. The minimum Gasteiger partial charge on any atom is -0.341 e. The fraction of sp³-hybridized carbons (Fsp3) is 0.444. The third-order valence-electron chi connectivity index (χ3n) is 6.72. The van der Waals surface area contributed by atoms with Gasteiger partial charge in [-0.2, -0.15) is 0 Å². The van der Waals surface area contributed by atoms with E-state index in [1.54, 1.807) is 29.2 Å². The van der Waals surface area contributed by atoms with E-state index < -0.39 is 0 Å². The molecule has 2 aliphatic rings. The van der Waals surface area contributed by atoms with Crippen molar-refractivity contribution in [3.05, 3.63) is 64.2 Å². The Bertz CT molecular complexity index is 1070. The third kappa shape index (κ3) is 6.34. The van der Waals surface area contributed by atoms with E-state index in [4.69, 9.17) is 11.6 Å². The van der Waals surface area contributed by atoms with Crippen LogP contribution in [0.15, 0.2) is 42.5 Å². The normalized spacial score (nSPS) is 18.7. The van der Waals surface area contributed by atoms with Crippen LogP contribution in [0.5, 0.6) is 0 Å². The standard InChI is InChI=1S/C27H33ClN4O3/c1-19-15-20(2)17-22(16-19)26(34)32-10-3-5-21(18-32)25(33)30-11-4-12-31(14-13-30)27(35)29-24-8-6-23(28)7-9-24/h6-9,15-17,21H,3-5,10-14,18H2,1-2H3,(H,29,35). The molecule has 0 aromatic heterocycles. The van der Waals surface area contributed by atoms with Crippen molar-refractivity contribution in [2.24, 2.45) is 5.92 Å². The first-order valence-corrected chi connectivity index (χ1v) is 12.7. The molecule has 1 N–H and O–H groups in total. The van der Waals surface area contributed by atoms with Gasteiger partial charge in [-0.25, -0.2) is 4.79 Å². The van der Waals surface area contributed by atoms with Crippen molar-refractivity contribution in [1.82, 2.24) is 14.7 Å². The van der Waals surface area contributed by atoms with E-state index in [2.05, 4.69) is 11.4 Å². The van der Waals surface area contributed by atoms with Crippen molar-refractivity contribution in [2.45, 2.75) is 33.1 Å². The number of carbonyl (C=O) groups is 3. The molecule has 0 aliphatic carbocycles. The zero-order chi connectivity index (χ0) is 24.9. The molecular weight excluding hydrogens is 464 g/mol. The highest BCUT2D eigenvalue weighted by Gasteiger charge is 2.32. The van der Waals surface area contributed by atoms with E-state index >= 15 is 0 Å². The Balaban J connectivity index is 1.33. The number of hydrogen-bond acceptors (Lipinski definition) is 3. The first-order valence-electron chi connectivity index (χ1n) is 12.3. The smallest absolute Gasteiger partial charge is 0.321 e. The summed E-state index contributed by atoms with van der Waals surface area (Å²) in [6.07, 6.45) is 2.32. The molecule has 186 valence electrons. The quantitative estimate of drug-likeness (QED) is 0.676. The van der Waals surface area contributed by atoms with Crippen LogP contribution in [0, 0.1) is 19.8 Å². The number of nitrogens with one attached hydrogen (secondary N) is 1. The summed E-state index contributed by atoms with van der Waals surface area (Å²) in [5.41, 5.74) is 3.50. The number of carbonyl (C=O) groups excluding carboxylic acids is 3. The van der Waals surface area contributed by atoms with Gasteiger partial charge in [-0.15, -0.1) is 0 Å². The van der Waals surface area contributed by atoms with Gasteiger partial charge in [0.1, 0.15) is 0 Å². The maximum Gasteiger partial charge on any atom is 0.321 e. The summed E-state index contributed by atoms with van der Waals surface area (Å²) in [5.74, 6) is -0.119. The van der Waals surface area contributed by atoms with Gasteiger partial charge in [-0.1, -0.05) is 28.8 Å². The van der Waals surface area contributed by atoms with Crippen molar-refractivity contribution >= 4 is 35.1 Å². The number of anilines is 1. The number of benzene rings is 2. The van der Waals surface area contributed by atoms with Gasteiger partial charge in [0.05, 0.1) is 5.92 Å². The fourth-order valence-corrected chi connectivity index (χ4v) is 5.10. The first kappa shape index (κ1) is 25.0. The molecule has 2 heterocycles. The third-order valence-corrected chi connectivity index (χ3v) is 6.97. The molecule has 2 aromatic carbocycles. The molecular formula is C27H33ClN4O3. The predicted octanol–water partition coefficient (Wildman–Crippen LogP) is 4.58. The summed E-state index contributed by atoms with van der Waals surface area (Å²) in [7, 11) is 0. The maximum atomic E-state index is 13.4. The Morgan fingerprint density at radius 2 is 1.46 bits per heavy atom. The average molecular weight is 497 g/mol. The van der Waals surface area contributed by atoms with E-state index in [1.807, 2.05) is 35.8 Å². The Morgan fingerprint density at radius 1 is 0.829 bits per heavy atom. The number of nitrogens with zero attached hydrogens (tertiary/aromatic N) is 3. The van der Waals surface area contributed by atoms with Crippen molar-refractivity contribution in [3.63, 3.8) is 0 Å². The maximum absolute atomic E-state index is 13.4. The largest absolute Gasteiger partial charge is 0.341 e. The van der Waals surface area contributed by atoms with E-state index in [9.17, 15) is 14.4 Å². The van der Waals surface area contributed by atoms with Crippen molar-refractivity contribution in [2.75, 3.05) is 44.6 Å². The number of aryl methyl sites for hydroxylation is 2. The van der Waals surface area contributed by atoms with Gasteiger partial charge in [0.15, 0.2) is 0 Å². The van der Waals surface area contributed by atoms with Crippen LogP contribution in [0.1, 0.15) is 40.7 Å². The Morgan fingerprint density at radius 3 is 2.17 bits per heavy atom. The molecule has 1 atom stereocenters. The van der Waals surface area contributed by atoms with E-state index in [1.165, 1.54) is 0 Å². The number of piperidine rings is 1. The number of halogens is 1. The van der Waals surface area contributed by atoms with Crippen molar-refractivity contribution in [3.8, 4) is 0 Å². The topological polar surface area (TPSA) is 73.0 Å². The predicted molar refractivity (Wildman–Crippen MR) is 138 cm³/mol. The highest BCUT2D eigenvalue weighted by Crippen LogP contribution is 2.23. The minimum atomic E-state index is -0.201. The highest BCUT2D eigenvalue weighted by molar-refractivity contribution is 6.30. The van der Waals surface area contributed by atoms with Gasteiger partial charge >= 0.3 is 6.03 Å². The molecule has 7 nitrogen and oxygen atoms in total. The number of hydrogen-bond donors (Lipinski definition) is 1. The van der Waals surface area contributed by atoms with Gasteiger partial charge in [-0.3, -0.25) is 9.59 Å². The summed E-state index contributed by atoms with van der Waals surface area (Å²) in [6, 6.07) is 12.7. The van der Waals surface area contributed by atoms with Gasteiger partial charge in [0, 0.05) is 55.5 Å². The number of amides is 4. The van der Waals surface area contributed by atoms with Crippen LogP contribution in [0.25, 0.3) is 0 Å². The monoisotopic (exact) mass is 496 g/mol. The average Bonchev–Trinajstić information content (AvgIpc) is 3.10. The second kappa shape index (κ2) is 11.1. The Hall–Kier alpha value is -3.06. The summed E-state index contributed by atoms with van der Waals surface area (Å²) >= 11 is 5.92. The lowest BCUT2D eigenvalue weighted by Crippen LogP contribution is -2.47. The van der Waals surface area contributed by atoms with Gasteiger partial charge in [0.25, 0.3) is 5.91 Å². The summed E-state index contributed by atoms with van der Waals surface area (Å²) in [5, 5.41) is 3.51. The Kier molecular flexibility index (Phi) is 7.96. The van der Waals surface area contributed by atoms with Gasteiger partial charge in [-0.05, 0) is 69.5 Å². The van der Waals surface area contributed by atoms with Crippen molar-refractivity contribution < 1.29 is 14.4 Å². The van der Waals surface area contributed by atoms with Crippen molar-refractivity contribution in [1.29, 1.82) is 0 Å². The summed E-state index contributed by atoms with van der Waals surface area (Å²) in [6.45, 7) is 7.28. The summed E-state index contributed by atoms with van der Waals surface area (Å²) < 4.78 is 0. The summed E-state index contributed by atoms with van der Waals surface area (Å²) in [4.78, 5) is 44.7. The molecule has 2 fully saturated rings. The molecule has 0 saturated carbocycles. The highest BCUT2D eigenvalue weighted by atomic mass is 35.5. The second-order valence-corrected chi connectivity index (χ2v) is 10.0. The van der Waals surface area contributed by atoms with Crippen LogP contribution in [0.3, 0.4) is 0 Å². The lowest BCUT2D eigenvalue weighted by molar-refractivity contribution is -0.136. The molecule has 0 spiro atoms. The van der Waals surface area contributed by atoms with Crippen LogP contribution in [-0.2, 0) is 4.79 Å². The molecule has 0 bridgehead atoms. The van der Waals surface area contributed by atoms with Gasteiger partial charge < -0.3 is 20.0 Å². The zero-order valence-electron chi connectivity index (χ0n) is 20.4. The van der Waals surface area contributed by atoms with Crippen LogP contribution >= 0.6 is 11.6 Å². The Labute approximate surface area is 212 Å². The molecule has 4 amide bonds. The number of rotatable bonds is 3.